The van der Waals surface area contributed by atoms with Gasteiger partial charge in [0.2, 0.25) is 5.91 Å². The maximum atomic E-state index is 13.0. The highest BCUT2D eigenvalue weighted by molar-refractivity contribution is 5.94. The van der Waals surface area contributed by atoms with Crippen LogP contribution in [0.3, 0.4) is 0 Å². The molecule has 1 saturated heterocycles. The van der Waals surface area contributed by atoms with Crippen molar-refractivity contribution in [3.8, 4) is 0 Å². The summed E-state index contributed by atoms with van der Waals surface area (Å²) < 4.78 is 1.59. The van der Waals surface area contributed by atoms with Gasteiger partial charge in [-0.25, -0.2) is 9.50 Å². The van der Waals surface area contributed by atoms with E-state index in [1.54, 1.807) is 33.9 Å². The molecule has 1 aliphatic heterocycles. The van der Waals surface area contributed by atoms with Gasteiger partial charge >= 0.3 is 0 Å². The average Bonchev–Trinajstić information content (AvgIpc) is 3.10. The second kappa shape index (κ2) is 7.80. The highest BCUT2D eigenvalue weighted by atomic mass is 16.2. The third-order valence-electron chi connectivity index (χ3n) is 5.20. The summed E-state index contributed by atoms with van der Waals surface area (Å²) >= 11 is 0. The third-order valence-corrected chi connectivity index (χ3v) is 5.20. The lowest BCUT2D eigenvalue weighted by atomic mass is 10.1. The van der Waals surface area contributed by atoms with Crippen molar-refractivity contribution in [2.24, 2.45) is 0 Å². The van der Waals surface area contributed by atoms with Crippen LogP contribution >= 0.6 is 0 Å². The molecule has 0 spiro atoms. The zero-order chi connectivity index (χ0) is 19.5. The SMILES string of the molecule is CC[C@H]1CN(C(=O)c2cc3ncccn3n2)CCC(=O)N1Cc1ccccc1. The largest absolute Gasteiger partial charge is 0.335 e. The Labute approximate surface area is 163 Å². The maximum absolute atomic E-state index is 13.0. The first kappa shape index (κ1) is 18.2. The smallest absolute Gasteiger partial charge is 0.274 e. The standard InChI is InChI=1S/C21H23N5O2/c1-2-17-15-24(21(28)18-13-19-22-10-6-11-26(19)23-18)12-9-20(27)25(17)14-16-7-4-3-5-8-16/h3-8,10-11,13,17H,2,9,12,14-15H2,1H3/t17-/m0/s1. The highest BCUT2D eigenvalue weighted by Crippen LogP contribution is 2.19. The van der Waals surface area contributed by atoms with Crippen molar-refractivity contribution in [1.29, 1.82) is 0 Å². The van der Waals surface area contributed by atoms with Gasteiger partial charge < -0.3 is 9.80 Å². The molecular formula is C21H23N5O2. The number of hydrogen-bond acceptors (Lipinski definition) is 4. The van der Waals surface area contributed by atoms with Crippen molar-refractivity contribution in [3.05, 3.63) is 66.1 Å². The van der Waals surface area contributed by atoms with E-state index in [1.165, 1.54) is 0 Å². The van der Waals surface area contributed by atoms with Crippen LogP contribution in [0.15, 0.2) is 54.9 Å². The fourth-order valence-corrected chi connectivity index (χ4v) is 3.65. The van der Waals surface area contributed by atoms with Gasteiger partial charge in [0.25, 0.3) is 5.91 Å². The molecule has 0 saturated carbocycles. The van der Waals surface area contributed by atoms with Gasteiger partial charge in [0.15, 0.2) is 11.3 Å². The van der Waals surface area contributed by atoms with Gasteiger partial charge in [0.1, 0.15) is 0 Å². The lowest BCUT2D eigenvalue weighted by Crippen LogP contribution is -2.43. The molecule has 7 nitrogen and oxygen atoms in total. The second-order valence-corrected chi connectivity index (χ2v) is 7.02. The first-order valence-electron chi connectivity index (χ1n) is 9.58. The summed E-state index contributed by atoms with van der Waals surface area (Å²) in [5.74, 6) is -0.0685. The summed E-state index contributed by atoms with van der Waals surface area (Å²) in [6.07, 6.45) is 4.54. The molecule has 0 unspecified atom stereocenters. The Balaban J connectivity index is 1.55. The Kier molecular flexibility index (Phi) is 5.06. The molecule has 0 radical (unpaired) electrons. The zero-order valence-electron chi connectivity index (χ0n) is 15.9. The molecule has 1 atom stereocenters. The lowest BCUT2D eigenvalue weighted by Gasteiger charge is -2.31. The molecule has 4 rings (SSSR count). The number of benzene rings is 1. The van der Waals surface area contributed by atoms with Crippen molar-refractivity contribution >= 4 is 17.5 Å². The second-order valence-electron chi connectivity index (χ2n) is 7.02. The van der Waals surface area contributed by atoms with Crippen LogP contribution in [0, 0.1) is 0 Å². The molecule has 1 fully saturated rings. The summed E-state index contributed by atoms with van der Waals surface area (Å²) in [5.41, 5.74) is 2.09. The molecule has 144 valence electrons. The van der Waals surface area contributed by atoms with E-state index in [0.717, 1.165) is 12.0 Å². The van der Waals surface area contributed by atoms with Gasteiger partial charge in [-0.1, -0.05) is 37.3 Å². The van der Waals surface area contributed by atoms with Gasteiger partial charge in [-0.2, -0.15) is 5.10 Å². The fourth-order valence-electron chi connectivity index (χ4n) is 3.65. The molecule has 0 N–H and O–H groups in total. The van der Waals surface area contributed by atoms with E-state index in [9.17, 15) is 9.59 Å². The maximum Gasteiger partial charge on any atom is 0.274 e. The van der Waals surface area contributed by atoms with Crippen LogP contribution in [0.25, 0.3) is 5.65 Å². The van der Waals surface area contributed by atoms with Gasteiger partial charge in [-0.3, -0.25) is 9.59 Å². The Morgan fingerprint density at radius 1 is 1.21 bits per heavy atom. The van der Waals surface area contributed by atoms with Crippen LogP contribution in [0.5, 0.6) is 0 Å². The minimum Gasteiger partial charge on any atom is -0.335 e. The quantitative estimate of drug-likeness (QED) is 0.700. The van der Waals surface area contributed by atoms with Gasteiger partial charge in [-0.15, -0.1) is 0 Å². The summed E-state index contributed by atoms with van der Waals surface area (Å²) in [6.45, 7) is 3.53. The van der Waals surface area contributed by atoms with Crippen molar-refractivity contribution in [1.82, 2.24) is 24.4 Å². The van der Waals surface area contributed by atoms with Crippen LogP contribution in [0.2, 0.25) is 0 Å². The topological polar surface area (TPSA) is 70.8 Å². The highest BCUT2D eigenvalue weighted by Gasteiger charge is 2.31. The van der Waals surface area contributed by atoms with E-state index in [1.807, 2.05) is 35.2 Å². The minimum absolute atomic E-state index is 0.0192. The molecule has 1 aliphatic rings. The van der Waals surface area contributed by atoms with Crippen LogP contribution < -0.4 is 0 Å². The number of nitrogens with zero attached hydrogens (tertiary/aromatic N) is 5. The lowest BCUT2D eigenvalue weighted by molar-refractivity contribution is -0.133. The zero-order valence-corrected chi connectivity index (χ0v) is 15.9. The molecule has 2 amide bonds. The van der Waals surface area contributed by atoms with Crippen LogP contribution in [-0.2, 0) is 11.3 Å². The van der Waals surface area contributed by atoms with Crippen molar-refractivity contribution < 1.29 is 9.59 Å². The number of fused-ring (bicyclic) bond motifs is 1. The van der Waals surface area contributed by atoms with Gasteiger partial charge in [0.05, 0.1) is 0 Å². The van der Waals surface area contributed by atoms with E-state index in [0.29, 0.717) is 37.4 Å². The van der Waals surface area contributed by atoms with Crippen LogP contribution in [0.1, 0.15) is 35.8 Å². The summed E-state index contributed by atoms with van der Waals surface area (Å²) in [5, 5.41) is 4.34. The summed E-state index contributed by atoms with van der Waals surface area (Å²) in [6, 6.07) is 13.4. The predicted molar refractivity (Wildman–Crippen MR) is 105 cm³/mol. The first-order chi connectivity index (χ1) is 13.7. The molecule has 3 heterocycles. The van der Waals surface area contributed by atoms with E-state index in [2.05, 4.69) is 17.0 Å². The molecule has 2 aromatic heterocycles. The van der Waals surface area contributed by atoms with Crippen LogP contribution in [0.4, 0.5) is 0 Å². The molecule has 0 aliphatic carbocycles. The Morgan fingerprint density at radius 2 is 2.04 bits per heavy atom. The number of carbonyl (C=O) groups excluding carboxylic acids is 2. The van der Waals surface area contributed by atoms with Crippen molar-refractivity contribution in [2.75, 3.05) is 13.1 Å². The molecule has 28 heavy (non-hydrogen) atoms. The minimum atomic E-state index is -0.154. The van der Waals surface area contributed by atoms with E-state index >= 15 is 0 Å². The average molecular weight is 377 g/mol. The molecule has 1 aromatic carbocycles. The monoisotopic (exact) mass is 377 g/mol. The third kappa shape index (κ3) is 3.60. The van der Waals surface area contributed by atoms with Crippen molar-refractivity contribution in [3.63, 3.8) is 0 Å². The Morgan fingerprint density at radius 3 is 2.79 bits per heavy atom. The first-order valence-corrected chi connectivity index (χ1v) is 9.58. The van der Waals surface area contributed by atoms with E-state index in [4.69, 9.17) is 0 Å². The fraction of sp³-hybridized carbons (Fsp3) is 0.333. The summed E-state index contributed by atoms with van der Waals surface area (Å²) in [4.78, 5) is 33.7. The van der Waals surface area contributed by atoms with Gasteiger partial charge in [-0.05, 0) is 18.1 Å². The van der Waals surface area contributed by atoms with Crippen LogP contribution in [-0.4, -0.2) is 55.3 Å². The molecule has 3 aromatic rings. The molecule has 7 heteroatoms. The van der Waals surface area contributed by atoms with E-state index < -0.39 is 0 Å². The van der Waals surface area contributed by atoms with E-state index in [-0.39, 0.29) is 17.9 Å². The van der Waals surface area contributed by atoms with Gasteiger partial charge in [0, 0.05) is 50.6 Å². The number of hydrogen-bond donors (Lipinski definition) is 0. The van der Waals surface area contributed by atoms with Crippen molar-refractivity contribution in [2.45, 2.75) is 32.4 Å². The summed E-state index contributed by atoms with van der Waals surface area (Å²) in [7, 11) is 0. The number of amides is 2. The number of rotatable bonds is 4. The normalized spacial score (nSPS) is 17.8. The Hall–Kier alpha value is -3.22. The Bertz CT molecular complexity index is 952. The molecular weight excluding hydrogens is 354 g/mol. The molecule has 0 bridgehead atoms. The number of aromatic nitrogens is 3. The predicted octanol–water partition coefficient (Wildman–Crippen LogP) is 2.38. The number of carbonyl (C=O) groups is 2.